The first-order valence-electron chi connectivity index (χ1n) is 12.5. The Kier molecular flexibility index (Phi) is 6.26. The molecule has 184 valence electrons. The summed E-state index contributed by atoms with van der Waals surface area (Å²) < 4.78 is 5.65. The van der Waals surface area contributed by atoms with Gasteiger partial charge in [-0.25, -0.2) is 4.79 Å². The highest BCUT2D eigenvalue weighted by atomic mass is 16.5. The molecule has 0 radical (unpaired) electrons. The van der Waals surface area contributed by atoms with Crippen LogP contribution in [0.1, 0.15) is 62.5 Å². The monoisotopic (exact) mass is 476 g/mol. The van der Waals surface area contributed by atoms with Crippen molar-refractivity contribution >= 4 is 18.0 Å². The number of amides is 2. The van der Waals surface area contributed by atoms with Crippen molar-refractivity contribution in [2.24, 2.45) is 11.8 Å². The maximum absolute atomic E-state index is 13.2. The van der Waals surface area contributed by atoms with Gasteiger partial charge in [-0.3, -0.25) is 9.59 Å². The van der Waals surface area contributed by atoms with Crippen molar-refractivity contribution in [1.29, 1.82) is 0 Å². The number of ether oxygens (including phenoxy) is 1. The third-order valence-electron chi connectivity index (χ3n) is 7.62. The Balaban J connectivity index is 1.24. The van der Waals surface area contributed by atoms with Crippen LogP contribution >= 0.6 is 0 Å². The van der Waals surface area contributed by atoms with Crippen LogP contribution in [0.3, 0.4) is 0 Å². The number of benzene rings is 2. The molecule has 2 saturated carbocycles. The average Bonchev–Trinajstić information content (AvgIpc) is 3.74. The molecule has 3 aliphatic rings. The Labute approximate surface area is 205 Å². The lowest BCUT2D eigenvalue weighted by Gasteiger charge is -2.31. The van der Waals surface area contributed by atoms with E-state index in [4.69, 9.17) is 4.74 Å². The largest absolute Gasteiger partial charge is 0.481 e. The van der Waals surface area contributed by atoms with Crippen molar-refractivity contribution in [3.8, 4) is 11.1 Å². The maximum Gasteiger partial charge on any atom is 0.407 e. The molecule has 0 saturated heterocycles. The van der Waals surface area contributed by atoms with E-state index in [0.29, 0.717) is 12.3 Å². The van der Waals surface area contributed by atoms with Gasteiger partial charge in [-0.05, 0) is 60.3 Å². The van der Waals surface area contributed by atoms with Crippen LogP contribution in [0.15, 0.2) is 48.5 Å². The molecule has 2 atom stereocenters. The topological polar surface area (TPSA) is 105 Å². The summed E-state index contributed by atoms with van der Waals surface area (Å²) in [6.07, 6.45) is 3.64. The average molecular weight is 477 g/mol. The Morgan fingerprint density at radius 3 is 2.14 bits per heavy atom. The van der Waals surface area contributed by atoms with Crippen LogP contribution in [0.4, 0.5) is 4.79 Å². The highest BCUT2D eigenvalue weighted by Gasteiger charge is 2.45. The fourth-order valence-corrected chi connectivity index (χ4v) is 5.39. The molecule has 0 aromatic heterocycles. The summed E-state index contributed by atoms with van der Waals surface area (Å²) in [5.41, 5.74) is 3.75. The van der Waals surface area contributed by atoms with E-state index in [9.17, 15) is 19.5 Å². The van der Waals surface area contributed by atoms with E-state index in [0.717, 1.165) is 47.9 Å². The summed E-state index contributed by atoms with van der Waals surface area (Å²) in [4.78, 5) is 37.4. The number of carbonyl (C=O) groups excluding carboxylic acids is 2. The van der Waals surface area contributed by atoms with Gasteiger partial charge in [0.05, 0.1) is 12.0 Å². The van der Waals surface area contributed by atoms with Crippen LogP contribution in [-0.4, -0.2) is 41.3 Å². The SMILES string of the molecule is CC(CC(=O)O)(NC(=O)C(CC1CC1)NC(=O)OCC1c2ccccc2-c2ccccc21)C1CC1. The van der Waals surface area contributed by atoms with Gasteiger partial charge in [0.1, 0.15) is 12.6 Å². The first-order valence-corrected chi connectivity index (χ1v) is 12.5. The lowest BCUT2D eigenvalue weighted by Crippen LogP contribution is -2.56. The van der Waals surface area contributed by atoms with Gasteiger partial charge < -0.3 is 20.5 Å². The molecule has 7 heteroatoms. The molecule has 2 amide bonds. The van der Waals surface area contributed by atoms with Crippen molar-refractivity contribution in [3.05, 3.63) is 59.7 Å². The number of hydrogen-bond donors (Lipinski definition) is 3. The minimum absolute atomic E-state index is 0.0578. The number of aliphatic carboxylic acids is 1. The fourth-order valence-electron chi connectivity index (χ4n) is 5.39. The van der Waals surface area contributed by atoms with E-state index in [-0.39, 0.29) is 30.8 Å². The summed E-state index contributed by atoms with van der Waals surface area (Å²) in [6.45, 7) is 1.97. The molecule has 3 N–H and O–H groups in total. The predicted octanol–water partition coefficient (Wildman–Crippen LogP) is 4.45. The number of rotatable bonds is 10. The number of fused-ring (bicyclic) bond motifs is 3. The molecule has 0 spiro atoms. The van der Waals surface area contributed by atoms with Crippen molar-refractivity contribution in [2.45, 2.75) is 62.9 Å². The molecule has 5 rings (SSSR count). The van der Waals surface area contributed by atoms with Crippen molar-refractivity contribution in [3.63, 3.8) is 0 Å². The van der Waals surface area contributed by atoms with Crippen molar-refractivity contribution in [2.75, 3.05) is 6.61 Å². The highest BCUT2D eigenvalue weighted by molar-refractivity contribution is 5.87. The van der Waals surface area contributed by atoms with Crippen LogP contribution in [0, 0.1) is 11.8 Å². The zero-order valence-electron chi connectivity index (χ0n) is 20.0. The fraction of sp³-hybridized carbons (Fsp3) is 0.464. The van der Waals surface area contributed by atoms with Gasteiger partial charge in [-0.15, -0.1) is 0 Å². The van der Waals surface area contributed by atoms with E-state index in [1.54, 1.807) is 6.92 Å². The second-order valence-electron chi connectivity index (χ2n) is 10.5. The minimum Gasteiger partial charge on any atom is -0.481 e. The van der Waals surface area contributed by atoms with E-state index >= 15 is 0 Å². The second-order valence-corrected chi connectivity index (χ2v) is 10.5. The molecule has 0 aliphatic heterocycles. The number of carbonyl (C=O) groups is 3. The van der Waals surface area contributed by atoms with E-state index in [2.05, 4.69) is 34.9 Å². The van der Waals surface area contributed by atoms with Crippen LogP contribution in [0.25, 0.3) is 11.1 Å². The highest BCUT2D eigenvalue weighted by Crippen LogP contribution is 2.44. The summed E-state index contributed by atoms with van der Waals surface area (Å²) in [7, 11) is 0. The molecule has 7 nitrogen and oxygen atoms in total. The van der Waals surface area contributed by atoms with Gasteiger partial charge in [0.25, 0.3) is 0 Å². The van der Waals surface area contributed by atoms with E-state index in [1.807, 2.05) is 24.3 Å². The van der Waals surface area contributed by atoms with Crippen LogP contribution < -0.4 is 10.6 Å². The molecule has 2 aromatic rings. The summed E-state index contributed by atoms with van der Waals surface area (Å²) in [6, 6.07) is 15.5. The first kappa shape index (κ1) is 23.4. The Hall–Kier alpha value is -3.35. The third kappa shape index (κ3) is 5.19. The lowest BCUT2D eigenvalue weighted by molar-refractivity contribution is -0.139. The minimum atomic E-state index is -0.942. The molecule has 2 fully saturated rings. The quantitative estimate of drug-likeness (QED) is 0.470. The van der Waals surface area contributed by atoms with Crippen molar-refractivity contribution < 1.29 is 24.2 Å². The van der Waals surface area contributed by atoms with Gasteiger partial charge in [0.2, 0.25) is 5.91 Å². The summed E-state index contributed by atoms with van der Waals surface area (Å²) >= 11 is 0. The van der Waals surface area contributed by atoms with Crippen LogP contribution in [-0.2, 0) is 14.3 Å². The Morgan fingerprint density at radius 1 is 1.00 bits per heavy atom. The second kappa shape index (κ2) is 9.36. The molecule has 0 heterocycles. The molecule has 3 aliphatic carbocycles. The number of hydrogen-bond acceptors (Lipinski definition) is 4. The molecular formula is C28H32N2O5. The Bertz CT molecular complexity index is 1090. The smallest absolute Gasteiger partial charge is 0.407 e. The molecule has 0 bridgehead atoms. The van der Waals surface area contributed by atoms with Gasteiger partial charge in [-0.1, -0.05) is 61.4 Å². The molecule has 2 unspecified atom stereocenters. The molecule has 2 aromatic carbocycles. The first-order chi connectivity index (χ1) is 16.8. The zero-order chi connectivity index (χ0) is 24.6. The number of alkyl carbamates (subject to hydrolysis) is 1. The van der Waals surface area contributed by atoms with Gasteiger partial charge in [-0.2, -0.15) is 0 Å². The predicted molar refractivity (Wildman–Crippen MR) is 131 cm³/mol. The maximum atomic E-state index is 13.2. The van der Waals surface area contributed by atoms with Gasteiger partial charge in [0, 0.05) is 5.92 Å². The van der Waals surface area contributed by atoms with Crippen LogP contribution in [0.2, 0.25) is 0 Å². The number of carboxylic acids is 1. The van der Waals surface area contributed by atoms with Gasteiger partial charge >= 0.3 is 12.1 Å². The zero-order valence-corrected chi connectivity index (χ0v) is 20.0. The molecule has 35 heavy (non-hydrogen) atoms. The summed E-state index contributed by atoms with van der Waals surface area (Å²) in [5.74, 6) is -0.786. The Morgan fingerprint density at radius 2 is 1.60 bits per heavy atom. The third-order valence-corrected chi connectivity index (χ3v) is 7.62. The summed E-state index contributed by atoms with van der Waals surface area (Å²) in [5, 5.41) is 15.1. The van der Waals surface area contributed by atoms with E-state index < -0.39 is 23.6 Å². The number of carboxylic acid groups (broad SMARTS) is 1. The standard InChI is InChI=1S/C28H32N2O5/c1-28(15-25(31)32,18-12-13-18)30-26(33)24(14-17-10-11-17)29-27(34)35-16-23-21-8-4-2-6-19(21)20-7-3-5-9-22(20)23/h2-9,17-18,23-24H,10-16H2,1H3,(H,29,34)(H,30,33)(H,31,32). The van der Waals surface area contributed by atoms with Crippen molar-refractivity contribution in [1.82, 2.24) is 10.6 Å². The van der Waals surface area contributed by atoms with Gasteiger partial charge in [0.15, 0.2) is 0 Å². The molecular weight excluding hydrogens is 444 g/mol. The lowest BCUT2D eigenvalue weighted by atomic mass is 9.91. The normalized spacial score (nSPS) is 19.1. The van der Waals surface area contributed by atoms with E-state index in [1.165, 1.54) is 0 Å². The number of nitrogens with one attached hydrogen (secondary N) is 2. The van der Waals surface area contributed by atoms with Crippen LogP contribution in [0.5, 0.6) is 0 Å².